The molecule has 0 saturated carbocycles. The zero-order valence-corrected chi connectivity index (χ0v) is 11.3. The smallest absolute Gasteiger partial charge is 0.187 e. The molecule has 0 heterocycles. The lowest BCUT2D eigenvalue weighted by atomic mass is 10.1. The monoisotopic (exact) mass is 237 g/mol. The second kappa shape index (κ2) is 5.44. The van der Waals surface area contributed by atoms with Crippen molar-refractivity contribution in [2.24, 2.45) is 5.92 Å². The summed E-state index contributed by atoms with van der Waals surface area (Å²) in [7, 11) is -2.30. The van der Waals surface area contributed by atoms with Crippen molar-refractivity contribution < 1.29 is 18.8 Å². The van der Waals surface area contributed by atoms with E-state index in [1.54, 1.807) is 0 Å². The molecule has 0 aromatic rings. The minimum Gasteiger partial charge on any atom is -0.775 e. The van der Waals surface area contributed by atoms with Crippen molar-refractivity contribution in [2.45, 2.75) is 40.2 Å². The Kier molecular flexibility index (Phi) is 5.48. The van der Waals surface area contributed by atoms with Crippen LogP contribution in [0.1, 0.15) is 34.1 Å². The van der Waals surface area contributed by atoms with E-state index in [1.165, 1.54) is 0 Å². The molecule has 5 heteroatoms. The van der Waals surface area contributed by atoms with Crippen molar-refractivity contribution in [1.29, 1.82) is 0 Å². The van der Waals surface area contributed by atoms with Gasteiger partial charge in [0, 0.05) is 0 Å². The van der Waals surface area contributed by atoms with Crippen LogP contribution in [0.3, 0.4) is 0 Å². The summed E-state index contributed by atoms with van der Waals surface area (Å²) >= 11 is 0. The van der Waals surface area contributed by atoms with Gasteiger partial charge in [-0.15, -0.1) is 0 Å². The van der Waals surface area contributed by atoms with Gasteiger partial charge in [0.05, 0.1) is 19.6 Å². The minimum absolute atomic E-state index is 0.169. The highest BCUT2D eigenvalue weighted by Crippen LogP contribution is 2.34. The second-order valence-electron chi connectivity index (χ2n) is 5.26. The first-order valence-corrected chi connectivity index (χ1v) is 7.20. The van der Waals surface area contributed by atoms with Crippen LogP contribution < -0.4 is 4.89 Å². The van der Waals surface area contributed by atoms with Gasteiger partial charge in [0.25, 0.3) is 0 Å². The maximum absolute atomic E-state index is 11.0. The van der Waals surface area contributed by atoms with Crippen LogP contribution in [0.15, 0.2) is 0 Å². The lowest BCUT2D eigenvalue weighted by molar-refractivity contribution is -0.921. The fraction of sp³-hybridized carbons (Fsp3) is 1.00. The van der Waals surface area contributed by atoms with Crippen LogP contribution in [0.5, 0.6) is 0 Å². The van der Waals surface area contributed by atoms with E-state index in [2.05, 4.69) is 13.8 Å². The van der Waals surface area contributed by atoms with Crippen LogP contribution in [0.2, 0.25) is 0 Å². The van der Waals surface area contributed by atoms with Gasteiger partial charge in [-0.05, 0) is 26.2 Å². The Labute approximate surface area is 93.0 Å². The van der Waals surface area contributed by atoms with Gasteiger partial charge < -0.3 is 18.8 Å². The Morgan fingerprint density at radius 3 is 2.07 bits per heavy atom. The van der Waals surface area contributed by atoms with Gasteiger partial charge in [-0.2, -0.15) is 0 Å². The van der Waals surface area contributed by atoms with E-state index in [9.17, 15) is 9.46 Å². The van der Waals surface area contributed by atoms with Gasteiger partial charge in [0.1, 0.15) is 6.29 Å². The van der Waals surface area contributed by atoms with Gasteiger partial charge >= 0.3 is 0 Å². The highest BCUT2D eigenvalue weighted by molar-refractivity contribution is 7.50. The molecule has 1 N–H and O–H groups in total. The summed E-state index contributed by atoms with van der Waals surface area (Å²) in [6, 6.07) is 0.193. The van der Waals surface area contributed by atoms with Crippen molar-refractivity contribution in [3.8, 4) is 0 Å². The molecule has 0 aromatic carbocycles. The first kappa shape index (κ1) is 15.1. The first-order chi connectivity index (χ1) is 6.57. The van der Waals surface area contributed by atoms with E-state index in [4.69, 9.17) is 4.89 Å². The van der Waals surface area contributed by atoms with Crippen LogP contribution in [0, 0.1) is 5.92 Å². The van der Waals surface area contributed by atoms with Crippen LogP contribution in [0.4, 0.5) is 0 Å². The lowest BCUT2D eigenvalue weighted by Gasteiger charge is -2.41. The third kappa shape index (κ3) is 6.31. The molecule has 0 bridgehead atoms. The van der Waals surface area contributed by atoms with E-state index >= 15 is 0 Å². The third-order valence-corrected chi connectivity index (χ3v) is 3.97. The summed E-state index contributed by atoms with van der Waals surface area (Å²) in [5.41, 5.74) is 0. The van der Waals surface area contributed by atoms with Gasteiger partial charge in [0.2, 0.25) is 0 Å². The van der Waals surface area contributed by atoms with E-state index in [0.717, 1.165) is 13.0 Å². The number of hydrogen-bond acceptors (Lipinski definition) is 2. The molecule has 2 atom stereocenters. The van der Waals surface area contributed by atoms with Gasteiger partial charge in [0.15, 0.2) is 7.60 Å². The van der Waals surface area contributed by atoms with Crippen LogP contribution in [-0.4, -0.2) is 35.3 Å². The molecule has 0 aliphatic rings. The largest absolute Gasteiger partial charge is 0.775 e. The number of rotatable bonds is 6. The maximum atomic E-state index is 11.0. The molecule has 0 aliphatic heterocycles. The van der Waals surface area contributed by atoms with E-state index in [1.807, 2.05) is 20.9 Å². The number of hydrogen-bond donors (Lipinski definition) is 1. The fourth-order valence-corrected chi connectivity index (χ4v) is 2.74. The molecule has 0 aliphatic carbocycles. The summed E-state index contributed by atoms with van der Waals surface area (Å²) in [6.07, 6.45) is 0.798. The summed E-state index contributed by atoms with van der Waals surface area (Å²) in [5.74, 6) is 0.547. The molecule has 0 amide bonds. The predicted molar refractivity (Wildman–Crippen MR) is 60.3 cm³/mol. The average Bonchev–Trinajstić information content (AvgIpc) is 1.97. The molecule has 0 rings (SSSR count). The lowest BCUT2D eigenvalue weighted by Crippen LogP contribution is -2.51. The Bertz CT molecular complexity index is 237. The topological polar surface area (TPSA) is 60.4 Å². The Morgan fingerprint density at radius 2 is 1.80 bits per heavy atom. The molecule has 0 aromatic heterocycles. The molecule has 0 radical (unpaired) electrons. The third-order valence-electron chi connectivity index (χ3n) is 2.97. The van der Waals surface area contributed by atoms with E-state index in [0.29, 0.717) is 10.4 Å². The summed E-state index contributed by atoms with van der Waals surface area (Å²) in [6.45, 7) is 8.97. The second-order valence-corrected chi connectivity index (χ2v) is 6.82. The van der Waals surface area contributed by atoms with Gasteiger partial charge in [-0.1, -0.05) is 13.8 Å². The quantitative estimate of drug-likeness (QED) is 0.561. The van der Waals surface area contributed by atoms with Crippen molar-refractivity contribution in [3.63, 3.8) is 0 Å². The highest BCUT2D eigenvalue weighted by Gasteiger charge is 2.29. The molecule has 0 fully saturated rings. The molecule has 4 nitrogen and oxygen atoms in total. The molecular formula is C10H24NO3P. The molecule has 15 heavy (non-hydrogen) atoms. The zero-order chi connectivity index (χ0) is 12.3. The maximum Gasteiger partial charge on any atom is 0.187 e. The standard InChI is InChI=1S/C10H24NO3P/c1-9(2)6-7-11(5,10(3)4)8-15(12,13)14/h9-10H,6-8H2,1-5H3,(H-,12,13,14). The SMILES string of the molecule is CC(C)CC[N+](C)(CP(=O)([O-])O)C(C)C. The molecule has 2 unspecified atom stereocenters. The number of nitrogens with zero attached hydrogens (tertiary/aromatic N) is 1. The average molecular weight is 237 g/mol. The van der Waals surface area contributed by atoms with Crippen LogP contribution in [-0.2, 0) is 4.57 Å². The summed E-state index contributed by atoms with van der Waals surface area (Å²) in [4.78, 5) is 19.9. The van der Waals surface area contributed by atoms with Crippen molar-refractivity contribution in [2.75, 3.05) is 19.9 Å². The van der Waals surface area contributed by atoms with E-state index < -0.39 is 7.60 Å². The Morgan fingerprint density at radius 1 is 1.33 bits per heavy atom. The highest BCUT2D eigenvalue weighted by atomic mass is 31.2. The Hall–Kier alpha value is 0.110. The fourth-order valence-electron chi connectivity index (χ4n) is 1.45. The van der Waals surface area contributed by atoms with E-state index in [-0.39, 0.29) is 12.3 Å². The zero-order valence-electron chi connectivity index (χ0n) is 10.4. The van der Waals surface area contributed by atoms with Crippen molar-refractivity contribution >= 4 is 7.60 Å². The van der Waals surface area contributed by atoms with Gasteiger partial charge in [-0.25, -0.2) is 0 Å². The summed E-state index contributed by atoms with van der Waals surface area (Å²) < 4.78 is 11.3. The number of quaternary nitrogens is 1. The molecule has 0 saturated heterocycles. The van der Waals surface area contributed by atoms with Crippen LogP contribution >= 0.6 is 7.60 Å². The predicted octanol–water partition coefficient (Wildman–Crippen LogP) is 1.39. The summed E-state index contributed by atoms with van der Waals surface area (Å²) in [5, 5.41) is 0. The van der Waals surface area contributed by atoms with Crippen molar-refractivity contribution in [3.05, 3.63) is 0 Å². The molecule has 0 spiro atoms. The first-order valence-electron chi connectivity index (χ1n) is 5.44. The van der Waals surface area contributed by atoms with Crippen LogP contribution in [0.25, 0.3) is 0 Å². The Balaban J connectivity index is 4.53. The molecular weight excluding hydrogens is 213 g/mol. The van der Waals surface area contributed by atoms with Crippen molar-refractivity contribution in [1.82, 2.24) is 0 Å². The minimum atomic E-state index is -4.18. The van der Waals surface area contributed by atoms with Gasteiger partial charge in [-0.3, -0.25) is 0 Å². The normalized spacial score (nSPS) is 20.3. The molecule has 92 valence electrons.